The van der Waals surface area contributed by atoms with E-state index >= 15 is 0 Å². The highest BCUT2D eigenvalue weighted by molar-refractivity contribution is 5.08. The summed E-state index contributed by atoms with van der Waals surface area (Å²) in [4.78, 5) is 8.64. The van der Waals surface area contributed by atoms with Crippen LogP contribution in [-0.4, -0.2) is 9.97 Å². The molecule has 1 aromatic heterocycles. The lowest BCUT2D eigenvalue weighted by Crippen LogP contribution is -2.31. The van der Waals surface area contributed by atoms with Crippen molar-refractivity contribution in [1.29, 1.82) is 0 Å². The number of hydrogen-bond donors (Lipinski definition) is 2. The van der Waals surface area contributed by atoms with Crippen molar-refractivity contribution in [3.8, 4) is 0 Å². The van der Waals surface area contributed by atoms with E-state index in [-0.39, 0.29) is 6.04 Å². The molecule has 2 aliphatic rings. The second kappa shape index (κ2) is 4.94. The fraction of sp³-hybridized carbons (Fsp3) is 0.714. The zero-order chi connectivity index (χ0) is 12.5. The van der Waals surface area contributed by atoms with Crippen LogP contribution in [0.2, 0.25) is 0 Å². The van der Waals surface area contributed by atoms with E-state index in [0.717, 1.165) is 35.7 Å². The molecule has 0 aliphatic heterocycles. The monoisotopic (exact) mass is 246 g/mol. The lowest BCUT2D eigenvalue weighted by molar-refractivity contribution is 0.278. The molecule has 2 saturated carbocycles. The maximum absolute atomic E-state index is 5.72. The lowest BCUT2D eigenvalue weighted by atomic mass is 9.83. The molecule has 0 spiro atoms. The Bertz CT molecular complexity index is 420. The third-order valence-corrected chi connectivity index (χ3v) is 4.78. The van der Waals surface area contributed by atoms with Gasteiger partial charge in [0, 0.05) is 6.20 Å². The predicted molar refractivity (Wildman–Crippen MR) is 70.4 cm³/mol. The molecule has 3 rings (SSSR count). The second-order valence-electron chi connectivity index (χ2n) is 5.92. The summed E-state index contributed by atoms with van der Waals surface area (Å²) in [6.45, 7) is 1.93. The molecule has 2 bridgehead atoms. The van der Waals surface area contributed by atoms with Gasteiger partial charge < -0.3 is 0 Å². The first kappa shape index (κ1) is 12.1. The second-order valence-corrected chi connectivity index (χ2v) is 5.92. The van der Waals surface area contributed by atoms with Crippen LogP contribution in [0.3, 0.4) is 0 Å². The summed E-state index contributed by atoms with van der Waals surface area (Å²) in [6, 6.07) is 2.15. The van der Waals surface area contributed by atoms with Gasteiger partial charge in [0.25, 0.3) is 0 Å². The predicted octanol–water partition coefficient (Wildman–Crippen LogP) is 2.12. The standard InChI is InChI=1S/C14H22N4/c1-9-16-5-4-13(17-9)14(18-15)8-12-7-10-2-3-11(12)6-10/h4-5,10-12,14,18H,2-3,6-8,15H2,1H3. The van der Waals surface area contributed by atoms with Gasteiger partial charge in [-0.2, -0.15) is 0 Å². The molecule has 1 aromatic rings. The Morgan fingerprint density at radius 2 is 2.33 bits per heavy atom. The van der Waals surface area contributed by atoms with Crippen LogP contribution in [0.4, 0.5) is 0 Å². The Labute approximate surface area is 108 Å². The molecule has 0 aromatic carbocycles. The van der Waals surface area contributed by atoms with Gasteiger partial charge in [-0.25, -0.2) is 9.97 Å². The summed E-state index contributed by atoms with van der Waals surface area (Å²) >= 11 is 0. The Hall–Kier alpha value is -1.00. The van der Waals surface area contributed by atoms with Crippen molar-refractivity contribution in [3.05, 3.63) is 23.8 Å². The van der Waals surface area contributed by atoms with Crippen molar-refractivity contribution >= 4 is 0 Å². The van der Waals surface area contributed by atoms with E-state index in [1.165, 1.54) is 25.7 Å². The third-order valence-electron chi connectivity index (χ3n) is 4.78. The van der Waals surface area contributed by atoms with Gasteiger partial charge in [0.2, 0.25) is 0 Å². The van der Waals surface area contributed by atoms with Crippen LogP contribution in [-0.2, 0) is 0 Å². The molecular formula is C14H22N4. The SMILES string of the molecule is Cc1nccc(C(CC2CC3CCC2C3)NN)n1. The smallest absolute Gasteiger partial charge is 0.125 e. The number of rotatable bonds is 4. The number of nitrogens with two attached hydrogens (primary N) is 1. The fourth-order valence-electron chi connectivity index (χ4n) is 3.91. The van der Waals surface area contributed by atoms with Crippen LogP contribution >= 0.6 is 0 Å². The largest absolute Gasteiger partial charge is 0.271 e. The fourth-order valence-corrected chi connectivity index (χ4v) is 3.91. The van der Waals surface area contributed by atoms with Crippen molar-refractivity contribution in [1.82, 2.24) is 15.4 Å². The number of nitrogens with zero attached hydrogens (tertiary/aromatic N) is 2. The van der Waals surface area contributed by atoms with E-state index < -0.39 is 0 Å². The van der Waals surface area contributed by atoms with Crippen LogP contribution in [0.15, 0.2) is 12.3 Å². The summed E-state index contributed by atoms with van der Waals surface area (Å²) in [5.74, 6) is 9.30. The van der Waals surface area contributed by atoms with E-state index in [2.05, 4.69) is 15.4 Å². The average Bonchev–Trinajstić information content (AvgIpc) is 2.98. The first-order chi connectivity index (χ1) is 8.76. The quantitative estimate of drug-likeness (QED) is 0.631. The van der Waals surface area contributed by atoms with Gasteiger partial charge >= 0.3 is 0 Å². The molecule has 1 heterocycles. The Kier molecular flexibility index (Phi) is 3.31. The number of fused-ring (bicyclic) bond motifs is 2. The average molecular weight is 246 g/mol. The molecule has 2 fully saturated rings. The molecule has 4 unspecified atom stereocenters. The number of hydrogen-bond acceptors (Lipinski definition) is 4. The molecule has 4 atom stereocenters. The van der Waals surface area contributed by atoms with E-state index in [1.54, 1.807) is 0 Å². The normalized spacial score (nSPS) is 31.8. The third kappa shape index (κ3) is 2.27. The van der Waals surface area contributed by atoms with Crippen molar-refractivity contribution < 1.29 is 0 Å². The first-order valence-electron chi connectivity index (χ1n) is 7.02. The maximum atomic E-state index is 5.72. The zero-order valence-corrected chi connectivity index (χ0v) is 11.0. The van der Waals surface area contributed by atoms with Gasteiger partial charge in [0.15, 0.2) is 0 Å². The van der Waals surface area contributed by atoms with Gasteiger partial charge in [0.1, 0.15) is 5.82 Å². The maximum Gasteiger partial charge on any atom is 0.125 e. The molecule has 0 radical (unpaired) electrons. The highest BCUT2D eigenvalue weighted by Crippen LogP contribution is 2.50. The summed E-state index contributed by atoms with van der Waals surface area (Å²) < 4.78 is 0. The molecule has 18 heavy (non-hydrogen) atoms. The number of aromatic nitrogens is 2. The zero-order valence-electron chi connectivity index (χ0n) is 11.0. The van der Waals surface area contributed by atoms with Gasteiger partial charge in [-0.3, -0.25) is 11.3 Å². The summed E-state index contributed by atoms with van der Waals surface area (Å²) in [5, 5.41) is 0. The Morgan fingerprint density at radius 1 is 1.44 bits per heavy atom. The molecule has 98 valence electrons. The molecule has 4 nitrogen and oxygen atoms in total. The molecule has 2 aliphatic carbocycles. The van der Waals surface area contributed by atoms with Crippen molar-refractivity contribution in [2.24, 2.45) is 23.6 Å². The minimum atomic E-state index is 0.177. The van der Waals surface area contributed by atoms with Gasteiger partial charge in [-0.1, -0.05) is 6.42 Å². The summed E-state index contributed by atoms with van der Waals surface area (Å²) in [6.07, 6.45) is 8.67. The van der Waals surface area contributed by atoms with Crippen molar-refractivity contribution in [2.75, 3.05) is 0 Å². The van der Waals surface area contributed by atoms with Crippen LogP contribution in [0.1, 0.15) is 49.7 Å². The minimum Gasteiger partial charge on any atom is -0.271 e. The van der Waals surface area contributed by atoms with Crippen LogP contribution < -0.4 is 11.3 Å². The number of hydrazine groups is 1. The van der Waals surface area contributed by atoms with E-state index in [0.29, 0.717) is 0 Å². The summed E-state index contributed by atoms with van der Waals surface area (Å²) in [5.41, 5.74) is 3.98. The molecule has 4 heteroatoms. The van der Waals surface area contributed by atoms with Crippen LogP contribution in [0, 0.1) is 24.7 Å². The number of nitrogens with one attached hydrogen (secondary N) is 1. The van der Waals surface area contributed by atoms with E-state index in [4.69, 9.17) is 5.84 Å². The van der Waals surface area contributed by atoms with Gasteiger partial charge in [-0.15, -0.1) is 0 Å². The lowest BCUT2D eigenvalue weighted by Gasteiger charge is -2.26. The molecule has 0 saturated heterocycles. The van der Waals surface area contributed by atoms with Gasteiger partial charge in [0.05, 0.1) is 11.7 Å². The minimum absolute atomic E-state index is 0.177. The molecule has 0 amide bonds. The van der Waals surface area contributed by atoms with Crippen LogP contribution in [0.5, 0.6) is 0 Å². The van der Waals surface area contributed by atoms with Crippen molar-refractivity contribution in [2.45, 2.75) is 45.1 Å². The van der Waals surface area contributed by atoms with Gasteiger partial charge in [-0.05, 0) is 56.4 Å². The van der Waals surface area contributed by atoms with Crippen molar-refractivity contribution in [3.63, 3.8) is 0 Å². The Morgan fingerprint density at radius 3 is 2.94 bits per heavy atom. The summed E-state index contributed by atoms with van der Waals surface area (Å²) in [7, 11) is 0. The molecular weight excluding hydrogens is 224 g/mol. The van der Waals surface area contributed by atoms with E-state index in [9.17, 15) is 0 Å². The van der Waals surface area contributed by atoms with E-state index in [1.807, 2.05) is 19.2 Å². The first-order valence-corrected chi connectivity index (χ1v) is 7.02. The molecule has 3 N–H and O–H groups in total. The highest BCUT2D eigenvalue weighted by Gasteiger charge is 2.40. The topological polar surface area (TPSA) is 63.8 Å². The highest BCUT2D eigenvalue weighted by atomic mass is 15.2. The van der Waals surface area contributed by atoms with Crippen LogP contribution in [0.25, 0.3) is 0 Å². The Balaban J connectivity index is 1.69. The number of aryl methyl sites for hydroxylation is 1.